The van der Waals surface area contributed by atoms with Gasteiger partial charge in [0, 0.05) is 11.8 Å². The molecular formula is C14H8ClF3N3O2-. The van der Waals surface area contributed by atoms with E-state index in [9.17, 15) is 23.1 Å². The number of carbonyl (C=O) groups excluding carboxylic acids is 1. The van der Waals surface area contributed by atoms with Crippen LogP contribution in [-0.4, -0.2) is 16.8 Å². The van der Waals surface area contributed by atoms with Crippen LogP contribution in [-0.2, 0) is 6.18 Å². The maximum absolute atomic E-state index is 12.6. The molecular weight excluding hydrogens is 335 g/mol. The van der Waals surface area contributed by atoms with E-state index in [1.165, 1.54) is 24.3 Å². The molecule has 1 aromatic carbocycles. The van der Waals surface area contributed by atoms with Gasteiger partial charge in [0.25, 0.3) is 0 Å². The average Bonchev–Trinajstić information content (AvgIpc) is 2.46. The highest BCUT2D eigenvalue weighted by Crippen LogP contribution is 2.31. The van der Waals surface area contributed by atoms with Crippen molar-refractivity contribution >= 4 is 29.1 Å². The number of pyridine rings is 1. The smallest absolute Gasteiger partial charge is 0.417 e. The summed E-state index contributed by atoms with van der Waals surface area (Å²) >= 11 is 5.75. The van der Waals surface area contributed by atoms with Crippen LogP contribution in [0.1, 0.15) is 21.6 Å². The molecule has 23 heavy (non-hydrogen) atoms. The Balaban J connectivity index is 2.45. The van der Waals surface area contributed by atoms with Gasteiger partial charge in [-0.15, -0.1) is 0 Å². The standard InChI is InChI=1S/C14H9ClF3N3O2/c15-9-5-7(14(16,17)18)6-20-11(9)12(19)21-10-4-2-1-3-8(10)13(22)23/h1-6H,(H2,19,21)(H,22,23)/p-1. The van der Waals surface area contributed by atoms with Crippen LogP contribution in [0.4, 0.5) is 18.9 Å². The Labute approximate surface area is 133 Å². The molecule has 0 unspecified atom stereocenters. The van der Waals surface area contributed by atoms with Crippen molar-refractivity contribution in [1.29, 1.82) is 0 Å². The first kappa shape index (κ1) is 16.8. The third-order valence-electron chi connectivity index (χ3n) is 2.78. The maximum Gasteiger partial charge on any atom is 0.417 e. The number of hydrogen-bond acceptors (Lipinski definition) is 4. The summed E-state index contributed by atoms with van der Waals surface area (Å²) in [6.45, 7) is 0. The first-order valence-corrected chi connectivity index (χ1v) is 6.45. The van der Waals surface area contributed by atoms with Gasteiger partial charge in [-0.2, -0.15) is 13.2 Å². The molecule has 0 fully saturated rings. The summed E-state index contributed by atoms with van der Waals surface area (Å²) in [6, 6.07) is 6.25. The van der Waals surface area contributed by atoms with Gasteiger partial charge in [-0.3, -0.25) is 4.98 Å². The quantitative estimate of drug-likeness (QED) is 0.683. The number of carboxylic acids is 1. The Bertz CT molecular complexity index is 791. The van der Waals surface area contributed by atoms with Crippen molar-refractivity contribution < 1.29 is 23.1 Å². The number of aliphatic imine (C=N–C) groups is 1. The maximum atomic E-state index is 12.6. The first-order valence-electron chi connectivity index (χ1n) is 6.08. The number of para-hydroxylation sites is 1. The topological polar surface area (TPSA) is 91.4 Å². The zero-order valence-corrected chi connectivity index (χ0v) is 12.0. The highest BCUT2D eigenvalue weighted by atomic mass is 35.5. The Morgan fingerprint density at radius 1 is 1.30 bits per heavy atom. The number of hydrogen-bond donors (Lipinski definition) is 1. The van der Waals surface area contributed by atoms with Crippen LogP contribution in [0.2, 0.25) is 5.02 Å². The fourth-order valence-electron chi connectivity index (χ4n) is 1.71. The molecule has 2 rings (SSSR count). The molecule has 9 heteroatoms. The SMILES string of the molecule is NC(=Nc1ccccc1C(=O)[O-])c1ncc(C(F)(F)F)cc1Cl. The summed E-state index contributed by atoms with van der Waals surface area (Å²) in [7, 11) is 0. The molecule has 0 aliphatic rings. The summed E-state index contributed by atoms with van der Waals surface area (Å²) in [6.07, 6.45) is -4.03. The Morgan fingerprint density at radius 2 is 1.96 bits per heavy atom. The van der Waals surface area contributed by atoms with Crippen LogP contribution in [0.5, 0.6) is 0 Å². The van der Waals surface area contributed by atoms with Gasteiger partial charge in [-0.05, 0) is 12.1 Å². The molecule has 5 nitrogen and oxygen atoms in total. The fraction of sp³-hybridized carbons (Fsp3) is 0.0714. The van der Waals surface area contributed by atoms with E-state index in [0.29, 0.717) is 12.3 Å². The van der Waals surface area contributed by atoms with Crippen LogP contribution in [0.15, 0.2) is 41.5 Å². The second-order valence-corrected chi connectivity index (χ2v) is 4.76. The van der Waals surface area contributed by atoms with Gasteiger partial charge < -0.3 is 15.6 Å². The lowest BCUT2D eigenvalue weighted by Gasteiger charge is -2.10. The largest absolute Gasteiger partial charge is 0.545 e. The number of carboxylic acid groups (broad SMARTS) is 1. The van der Waals surface area contributed by atoms with Crippen molar-refractivity contribution in [1.82, 2.24) is 4.98 Å². The number of amidine groups is 1. The molecule has 0 radical (unpaired) electrons. The lowest BCUT2D eigenvalue weighted by atomic mass is 10.2. The lowest BCUT2D eigenvalue weighted by molar-refractivity contribution is -0.254. The van der Waals surface area contributed by atoms with Crippen LogP contribution in [0.3, 0.4) is 0 Å². The summed E-state index contributed by atoms with van der Waals surface area (Å²) < 4.78 is 37.7. The number of alkyl halides is 3. The Morgan fingerprint density at radius 3 is 2.52 bits per heavy atom. The zero-order chi connectivity index (χ0) is 17.2. The van der Waals surface area contributed by atoms with Gasteiger partial charge in [-0.25, -0.2) is 4.99 Å². The molecule has 0 aliphatic carbocycles. The number of aromatic nitrogens is 1. The van der Waals surface area contributed by atoms with E-state index in [-0.39, 0.29) is 27.8 Å². The lowest BCUT2D eigenvalue weighted by Crippen LogP contribution is -2.23. The molecule has 2 aromatic rings. The van der Waals surface area contributed by atoms with E-state index in [1.54, 1.807) is 0 Å². The molecule has 0 spiro atoms. The molecule has 0 aliphatic heterocycles. The fourth-order valence-corrected chi connectivity index (χ4v) is 1.97. The first-order chi connectivity index (χ1) is 10.7. The van der Waals surface area contributed by atoms with Crippen molar-refractivity contribution in [2.75, 3.05) is 0 Å². The number of benzene rings is 1. The van der Waals surface area contributed by atoms with Crippen molar-refractivity contribution in [3.05, 3.63) is 58.4 Å². The molecule has 0 atom stereocenters. The molecule has 1 aromatic heterocycles. The Kier molecular flexibility index (Phi) is 4.55. The molecule has 0 saturated carbocycles. The number of halogens is 4. The van der Waals surface area contributed by atoms with Gasteiger partial charge in [0.2, 0.25) is 0 Å². The van der Waals surface area contributed by atoms with E-state index in [0.717, 1.165) is 0 Å². The minimum Gasteiger partial charge on any atom is -0.545 e. The molecule has 0 bridgehead atoms. The zero-order valence-electron chi connectivity index (χ0n) is 11.3. The summed E-state index contributed by atoms with van der Waals surface area (Å²) in [5.41, 5.74) is 4.20. The molecule has 120 valence electrons. The van der Waals surface area contributed by atoms with Crippen molar-refractivity contribution in [3.8, 4) is 0 Å². The van der Waals surface area contributed by atoms with Gasteiger partial charge >= 0.3 is 6.18 Å². The number of aromatic carboxylic acids is 1. The third-order valence-corrected chi connectivity index (χ3v) is 3.06. The van der Waals surface area contributed by atoms with Crippen LogP contribution in [0, 0.1) is 0 Å². The minimum absolute atomic E-state index is 0.0252. The highest BCUT2D eigenvalue weighted by Gasteiger charge is 2.31. The monoisotopic (exact) mass is 342 g/mol. The van der Waals surface area contributed by atoms with Crippen molar-refractivity contribution in [3.63, 3.8) is 0 Å². The third kappa shape index (κ3) is 3.78. The van der Waals surface area contributed by atoms with E-state index in [4.69, 9.17) is 17.3 Å². The van der Waals surface area contributed by atoms with Gasteiger partial charge in [0.15, 0.2) is 5.84 Å². The van der Waals surface area contributed by atoms with E-state index >= 15 is 0 Å². The predicted octanol–water partition coefficient (Wildman–Crippen LogP) is 2.15. The van der Waals surface area contributed by atoms with Crippen LogP contribution in [0.25, 0.3) is 0 Å². The second-order valence-electron chi connectivity index (χ2n) is 4.35. The molecule has 1 heterocycles. The van der Waals surface area contributed by atoms with Gasteiger partial charge in [0.05, 0.1) is 22.2 Å². The molecule has 0 amide bonds. The second kappa shape index (κ2) is 6.25. The number of carbonyl (C=O) groups is 1. The van der Waals surface area contributed by atoms with E-state index in [2.05, 4.69) is 9.98 Å². The van der Waals surface area contributed by atoms with E-state index in [1.807, 2.05) is 0 Å². The predicted molar refractivity (Wildman–Crippen MR) is 75.4 cm³/mol. The van der Waals surface area contributed by atoms with E-state index < -0.39 is 17.7 Å². The van der Waals surface area contributed by atoms with Crippen molar-refractivity contribution in [2.24, 2.45) is 10.7 Å². The number of nitrogens with two attached hydrogens (primary N) is 1. The summed E-state index contributed by atoms with van der Waals surface area (Å²) in [5, 5.41) is 10.6. The minimum atomic E-state index is -4.59. The number of nitrogens with zero attached hydrogens (tertiary/aromatic N) is 2. The van der Waals surface area contributed by atoms with Crippen molar-refractivity contribution in [2.45, 2.75) is 6.18 Å². The van der Waals surface area contributed by atoms with Crippen LogP contribution < -0.4 is 10.8 Å². The molecule has 2 N–H and O–H groups in total. The summed E-state index contributed by atoms with van der Waals surface area (Å²) in [4.78, 5) is 18.4. The Hall–Kier alpha value is -2.61. The van der Waals surface area contributed by atoms with Crippen LogP contribution >= 0.6 is 11.6 Å². The molecule has 0 saturated heterocycles. The summed E-state index contributed by atoms with van der Waals surface area (Å²) in [5.74, 6) is -1.79. The van der Waals surface area contributed by atoms with Gasteiger partial charge in [-0.1, -0.05) is 29.8 Å². The normalized spacial score (nSPS) is 12.3. The average molecular weight is 343 g/mol. The van der Waals surface area contributed by atoms with Gasteiger partial charge in [0.1, 0.15) is 5.69 Å². The highest BCUT2D eigenvalue weighted by molar-refractivity contribution is 6.33. The number of rotatable bonds is 3.